The highest BCUT2D eigenvalue weighted by Crippen LogP contribution is 2.26. The third kappa shape index (κ3) is 2.49. The summed E-state index contributed by atoms with van der Waals surface area (Å²) in [4.78, 5) is 4.43. The molecule has 0 bridgehead atoms. The van der Waals surface area contributed by atoms with E-state index >= 15 is 0 Å². The Morgan fingerprint density at radius 1 is 1.09 bits per heavy atom. The van der Waals surface area contributed by atoms with E-state index in [4.69, 9.17) is 11.6 Å². The van der Waals surface area contributed by atoms with E-state index in [9.17, 15) is 0 Å². The van der Waals surface area contributed by atoms with E-state index in [1.165, 1.54) is 0 Å². The molecule has 0 fully saturated rings. The van der Waals surface area contributed by atoms with E-state index in [2.05, 4.69) is 20.5 Å². The molecule has 114 valence electrons. The molecule has 4 rings (SSSR count). The number of hydrogen-bond donors (Lipinski definition) is 1. The quantitative estimate of drug-likeness (QED) is 0.577. The molecule has 4 aromatic rings. The van der Waals surface area contributed by atoms with Crippen LogP contribution < -0.4 is 5.32 Å². The van der Waals surface area contributed by atoms with Gasteiger partial charge in [-0.2, -0.15) is 0 Å². The molecule has 5 nitrogen and oxygen atoms in total. The second kappa shape index (κ2) is 5.52. The van der Waals surface area contributed by atoms with Gasteiger partial charge in [0.15, 0.2) is 11.5 Å². The monoisotopic (exact) mass is 323 g/mol. The maximum absolute atomic E-state index is 6.28. The first-order valence-electron chi connectivity index (χ1n) is 7.34. The summed E-state index contributed by atoms with van der Waals surface area (Å²) in [5.74, 6) is 1.54. The van der Waals surface area contributed by atoms with Gasteiger partial charge in [-0.1, -0.05) is 41.9 Å². The highest BCUT2D eigenvalue weighted by molar-refractivity contribution is 6.34. The van der Waals surface area contributed by atoms with Crippen LogP contribution in [0.1, 0.15) is 18.8 Å². The minimum absolute atomic E-state index is 0.0582. The van der Waals surface area contributed by atoms with Crippen molar-refractivity contribution in [2.45, 2.75) is 13.0 Å². The van der Waals surface area contributed by atoms with Crippen LogP contribution in [0.5, 0.6) is 0 Å². The van der Waals surface area contributed by atoms with Crippen LogP contribution in [-0.4, -0.2) is 19.6 Å². The number of fused-ring (bicyclic) bond motifs is 2. The van der Waals surface area contributed by atoms with Crippen molar-refractivity contribution in [2.24, 2.45) is 0 Å². The lowest BCUT2D eigenvalue weighted by Gasteiger charge is -2.14. The zero-order valence-corrected chi connectivity index (χ0v) is 13.2. The molecule has 6 heteroatoms. The smallest absolute Gasteiger partial charge is 0.160 e. The number of pyridine rings is 2. The zero-order chi connectivity index (χ0) is 15.8. The molecule has 0 aliphatic carbocycles. The number of anilines is 1. The van der Waals surface area contributed by atoms with Gasteiger partial charge in [-0.05, 0) is 30.5 Å². The van der Waals surface area contributed by atoms with Crippen molar-refractivity contribution in [2.75, 3.05) is 5.32 Å². The summed E-state index contributed by atoms with van der Waals surface area (Å²) in [5, 5.41) is 14.3. The molecular weight excluding hydrogens is 310 g/mol. The molecule has 0 amide bonds. The van der Waals surface area contributed by atoms with Gasteiger partial charge in [0.05, 0.1) is 6.04 Å². The normalized spacial score (nSPS) is 12.6. The lowest BCUT2D eigenvalue weighted by molar-refractivity contribution is 0.769. The third-order valence-corrected chi connectivity index (χ3v) is 4.07. The van der Waals surface area contributed by atoms with Crippen LogP contribution in [0.3, 0.4) is 0 Å². The van der Waals surface area contributed by atoms with Gasteiger partial charge in [0.1, 0.15) is 11.0 Å². The number of hydrogen-bond acceptors (Lipinski definition) is 4. The Labute approximate surface area is 137 Å². The predicted molar refractivity (Wildman–Crippen MR) is 91.8 cm³/mol. The second-order valence-corrected chi connectivity index (χ2v) is 5.73. The van der Waals surface area contributed by atoms with Gasteiger partial charge < -0.3 is 5.32 Å². The van der Waals surface area contributed by atoms with Crippen molar-refractivity contribution in [3.63, 3.8) is 0 Å². The van der Waals surface area contributed by atoms with Gasteiger partial charge in [0.25, 0.3) is 0 Å². The van der Waals surface area contributed by atoms with E-state index < -0.39 is 0 Å². The Kier molecular flexibility index (Phi) is 3.35. The first-order valence-corrected chi connectivity index (χ1v) is 7.71. The van der Waals surface area contributed by atoms with Crippen molar-refractivity contribution in [1.82, 2.24) is 19.6 Å². The maximum atomic E-state index is 6.28. The molecule has 0 spiro atoms. The highest BCUT2D eigenvalue weighted by Gasteiger charge is 2.14. The summed E-state index contributed by atoms with van der Waals surface area (Å²) in [6.07, 6.45) is 1.95. The van der Waals surface area contributed by atoms with Crippen molar-refractivity contribution in [3.05, 3.63) is 65.7 Å². The van der Waals surface area contributed by atoms with E-state index in [-0.39, 0.29) is 6.04 Å². The fourth-order valence-corrected chi connectivity index (χ4v) is 2.93. The Hall–Kier alpha value is -2.66. The van der Waals surface area contributed by atoms with Gasteiger partial charge in [0, 0.05) is 11.6 Å². The van der Waals surface area contributed by atoms with E-state index in [1.807, 2.05) is 66.1 Å². The Bertz CT molecular complexity index is 995. The summed E-state index contributed by atoms with van der Waals surface area (Å²) >= 11 is 6.28. The topological polar surface area (TPSA) is 55.1 Å². The SMILES string of the molecule is CC(Nc1cc2ccccc2c(Cl)n1)c1nnc2ccccn12. The molecular formula is C17H14ClN5. The van der Waals surface area contributed by atoms with Gasteiger partial charge in [0.2, 0.25) is 0 Å². The minimum Gasteiger partial charge on any atom is -0.360 e. The molecule has 1 aromatic carbocycles. The average Bonchev–Trinajstić information content (AvgIpc) is 2.99. The van der Waals surface area contributed by atoms with Crippen molar-refractivity contribution >= 4 is 33.8 Å². The van der Waals surface area contributed by atoms with Crippen LogP contribution in [0.2, 0.25) is 5.15 Å². The van der Waals surface area contributed by atoms with Gasteiger partial charge in [-0.3, -0.25) is 4.40 Å². The molecule has 0 aliphatic rings. The molecule has 3 heterocycles. The first-order chi connectivity index (χ1) is 11.2. The molecule has 3 aromatic heterocycles. The lowest BCUT2D eigenvalue weighted by atomic mass is 10.2. The van der Waals surface area contributed by atoms with Gasteiger partial charge >= 0.3 is 0 Å². The number of rotatable bonds is 3. The summed E-state index contributed by atoms with van der Waals surface area (Å²) in [7, 11) is 0. The van der Waals surface area contributed by atoms with Crippen LogP contribution in [0.15, 0.2) is 54.7 Å². The van der Waals surface area contributed by atoms with E-state index in [1.54, 1.807) is 0 Å². The largest absolute Gasteiger partial charge is 0.360 e. The summed E-state index contributed by atoms with van der Waals surface area (Å²) in [6, 6.07) is 15.7. The van der Waals surface area contributed by atoms with Crippen LogP contribution in [0.4, 0.5) is 5.82 Å². The Balaban J connectivity index is 1.70. The number of nitrogens with one attached hydrogen (secondary N) is 1. The maximum Gasteiger partial charge on any atom is 0.160 e. The molecule has 0 aliphatic heterocycles. The first kappa shape index (κ1) is 14.0. The average molecular weight is 324 g/mol. The molecule has 0 radical (unpaired) electrons. The van der Waals surface area contributed by atoms with Crippen molar-refractivity contribution < 1.29 is 0 Å². The fourth-order valence-electron chi connectivity index (χ4n) is 2.67. The molecule has 1 unspecified atom stereocenters. The standard InChI is InChI=1S/C17H14ClN5/c1-11(17-22-21-15-8-4-5-9-23(15)17)19-14-10-12-6-2-3-7-13(12)16(18)20-14/h2-11H,1H3,(H,19,20). The number of nitrogens with zero attached hydrogens (tertiary/aromatic N) is 4. The molecule has 0 saturated carbocycles. The van der Waals surface area contributed by atoms with Crippen LogP contribution in [0, 0.1) is 0 Å². The lowest BCUT2D eigenvalue weighted by Crippen LogP contribution is -2.11. The van der Waals surface area contributed by atoms with E-state index in [0.29, 0.717) is 11.0 Å². The molecule has 23 heavy (non-hydrogen) atoms. The van der Waals surface area contributed by atoms with E-state index in [0.717, 1.165) is 22.2 Å². The second-order valence-electron chi connectivity index (χ2n) is 5.37. The van der Waals surface area contributed by atoms with Crippen LogP contribution in [-0.2, 0) is 0 Å². The minimum atomic E-state index is -0.0582. The number of halogens is 1. The zero-order valence-electron chi connectivity index (χ0n) is 12.4. The molecule has 0 saturated heterocycles. The number of benzene rings is 1. The van der Waals surface area contributed by atoms with Gasteiger partial charge in [-0.25, -0.2) is 4.98 Å². The van der Waals surface area contributed by atoms with Crippen LogP contribution >= 0.6 is 11.6 Å². The third-order valence-electron chi connectivity index (χ3n) is 3.79. The fraction of sp³-hybridized carbons (Fsp3) is 0.118. The summed E-state index contributed by atoms with van der Waals surface area (Å²) in [5.41, 5.74) is 0.820. The summed E-state index contributed by atoms with van der Waals surface area (Å²) < 4.78 is 1.96. The Morgan fingerprint density at radius 3 is 2.83 bits per heavy atom. The van der Waals surface area contributed by atoms with Crippen molar-refractivity contribution in [1.29, 1.82) is 0 Å². The Morgan fingerprint density at radius 2 is 1.91 bits per heavy atom. The molecule has 1 N–H and O–H groups in total. The molecule has 1 atom stereocenters. The predicted octanol–water partition coefficient (Wildman–Crippen LogP) is 4.10. The van der Waals surface area contributed by atoms with Gasteiger partial charge in [-0.15, -0.1) is 10.2 Å². The van der Waals surface area contributed by atoms with Crippen LogP contribution in [0.25, 0.3) is 16.4 Å². The van der Waals surface area contributed by atoms with Crippen molar-refractivity contribution in [3.8, 4) is 0 Å². The highest BCUT2D eigenvalue weighted by atomic mass is 35.5. The summed E-state index contributed by atoms with van der Waals surface area (Å²) in [6.45, 7) is 2.02. The number of aromatic nitrogens is 4.